The molecule has 1 aromatic heterocycles. The van der Waals surface area contributed by atoms with E-state index in [1.807, 2.05) is 0 Å². The van der Waals surface area contributed by atoms with E-state index in [0.29, 0.717) is 23.9 Å². The van der Waals surface area contributed by atoms with Crippen molar-refractivity contribution < 1.29 is 9.18 Å². The second-order valence-corrected chi connectivity index (χ2v) is 10.5. The largest absolute Gasteiger partial charge is 0.353 e. The lowest BCUT2D eigenvalue weighted by atomic mass is 9.78. The number of carbonyl (C=O) groups excluding carboxylic acids is 1. The molecule has 2 aliphatic rings. The van der Waals surface area contributed by atoms with E-state index in [0.717, 1.165) is 45.0 Å². The number of hydrogen-bond donors (Lipinski definition) is 1. The molecule has 2 heterocycles. The lowest BCUT2D eigenvalue weighted by molar-refractivity contribution is -0.116. The molecule has 5 nitrogen and oxygen atoms in total. The third kappa shape index (κ3) is 5.90. The summed E-state index contributed by atoms with van der Waals surface area (Å²) in [6.07, 6.45) is 7.88. The summed E-state index contributed by atoms with van der Waals surface area (Å²) in [4.78, 5) is 17.4. The molecule has 1 saturated heterocycles. The summed E-state index contributed by atoms with van der Waals surface area (Å²) >= 11 is 1.58. The van der Waals surface area contributed by atoms with E-state index in [9.17, 15) is 9.18 Å². The van der Waals surface area contributed by atoms with Crippen molar-refractivity contribution in [3.63, 3.8) is 0 Å². The summed E-state index contributed by atoms with van der Waals surface area (Å²) in [6.45, 7) is 5.89. The minimum atomic E-state index is -0.313. The van der Waals surface area contributed by atoms with Gasteiger partial charge in [-0.25, -0.2) is 4.39 Å². The van der Waals surface area contributed by atoms with Gasteiger partial charge in [0.2, 0.25) is 5.91 Å². The number of amides is 1. The maximum absolute atomic E-state index is 13.8. The van der Waals surface area contributed by atoms with Crippen molar-refractivity contribution in [3.8, 4) is 0 Å². The monoisotopic (exact) mass is 492 g/mol. The number of carbonyl (C=O) groups is 1. The maximum Gasteiger partial charge on any atom is 0.244 e. The van der Waals surface area contributed by atoms with E-state index in [-0.39, 0.29) is 11.7 Å². The molecule has 2 fully saturated rings. The van der Waals surface area contributed by atoms with E-state index in [4.69, 9.17) is 4.37 Å². The van der Waals surface area contributed by atoms with Crippen LogP contribution in [0.15, 0.2) is 54.6 Å². The molecule has 2 atom stereocenters. The van der Waals surface area contributed by atoms with Crippen molar-refractivity contribution in [3.05, 3.63) is 66.0 Å². The highest BCUT2D eigenvalue weighted by atomic mass is 32.1. The topological polar surface area (TPSA) is 48.5 Å². The van der Waals surface area contributed by atoms with Gasteiger partial charge in [0.15, 0.2) is 0 Å². The Labute approximate surface area is 210 Å². The Morgan fingerprint density at radius 2 is 1.77 bits per heavy atom. The molecule has 1 N–H and O–H groups in total. The van der Waals surface area contributed by atoms with Gasteiger partial charge in [0.25, 0.3) is 0 Å². The predicted molar refractivity (Wildman–Crippen MR) is 142 cm³/mol. The van der Waals surface area contributed by atoms with Gasteiger partial charge >= 0.3 is 0 Å². The molecule has 35 heavy (non-hydrogen) atoms. The van der Waals surface area contributed by atoms with E-state index < -0.39 is 0 Å². The molecular weight excluding hydrogens is 459 g/mol. The highest BCUT2D eigenvalue weighted by molar-refractivity contribution is 7.13. The average Bonchev–Trinajstić information content (AvgIpc) is 3.32. The zero-order chi connectivity index (χ0) is 24.0. The van der Waals surface area contributed by atoms with Crippen LogP contribution in [0.1, 0.15) is 31.2 Å². The van der Waals surface area contributed by atoms with Gasteiger partial charge in [-0.15, -0.1) is 0 Å². The van der Waals surface area contributed by atoms with Crippen LogP contribution >= 0.6 is 11.5 Å². The van der Waals surface area contributed by atoms with Crippen LogP contribution < -0.4 is 10.2 Å². The fraction of sp³-hybridized carbons (Fsp3) is 0.429. The van der Waals surface area contributed by atoms with Crippen LogP contribution in [0.25, 0.3) is 16.2 Å². The molecule has 0 spiro atoms. The van der Waals surface area contributed by atoms with Crippen molar-refractivity contribution in [2.45, 2.75) is 25.7 Å². The van der Waals surface area contributed by atoms with Crippen molar-refractivity contribution >= 4 is 39.4 Å². The predicted octanol–water partition coefficient (Wildman–Crippen LogP) is 5.19. The second kappa shape index (κ2) is 11.3. The van der Waals surface area contributed by atoms with Crippen LogP contribution in [0.3, 0.4) is 0 Å². The molecule has 0 radical (unpaired) electrons. The van der Waals surface area contributed by atoms with Gasteiger partial charge in [-0.1, -0.05) is 43.2 Å². The van der Waals surface area contributed by atoms with E-state index in [1.165, 1.54) is 41.5 Å². The summed E-state index contributed by atoms with van der Waals surface area (Å²) < 4.78 is 19.8. The fourth-order valence-electron chi connectivity index (χ4n) is 5.43. The van der Waals surface area contributed by atoms with E-state index in [1.54, 1.807) is 35.8 Å². The first kappa shape index (κ1) is 23.9. The molecule has 3 aromatic rings. The van der Waals surface area contributed by atoms with Crippen LogP contribution in [-0.4, -0.2) is 54.4 Å². The number of hydrogen-bond acceptors (Lipinski definition) is 5. The van der Waals surface area contributed by atoms with Gasteiger partial charge < -0.3 is 10.2 Å². The molecule has 1 amide bonds. The van der Waals surface area contributed by atoms with Crippen LogP contribution in [0, 0.1) is 17.7 Å². The molecule has 5 rings (SSSR count). The van der Waals surface area contributed by atoms with Gasteiger partial charge in [-0.2, -0.15) is 4.37 Å². The number of fused-ring (bicyclic) bond motifs is 1. The molecule has 0 bridgehead atoms. The number of anilines is 1. The normalized spacial score (nSPS) is 21.6. The van der Waals surface area contributed by atoms with E-state index in [2.05, 4.69) is 39.4 Å². The Bertz CT molecular complexity index is 1170. The number of rotatable bonds is 7. The van der Waals surface area contributed by atoms with Gasteiger partial charge in [0, 0.05) is 56.3 Å². The van der Waals surface area contributed by atoms with Crippen molar-refractivity contribution in [1.82, 2.24) is 14.6 Å². The Hall–Kier alpha value is -2.77. The van der Waals surface area contributed by atoms with Crippen molar-refractivity contribution in [2.24, 2.45) is 11.8 Å². The standard InChI is InChI=1S/C28H33FN4OS/c29-25-11-5-3-7-21(25)13-14-27(34)30-19-22-8-1-2-9-23(22)20-32-15-17-33(18-16-32)28-24-10-4-6-12-26(24)35-31-28/h3-7,10-14,22-23H,1-2,8-9,15-20H2,(H,30,34)/b14-13+/t22-,23-/m1/s1. The number of piperazine rings is 1. The summed E-state index contributed by atoms with van der Waals surface area (Å²) in [7, 11) is 0. The summed E-state index contributed by atoms with van der Waals surface area (Å²) in [6, 6.07) is 15.0. The molecular formula is C28H33FN4OS. The maximum atomic E-state index is 13.8. The summed E-state index contributed by atoms with van der Waals surface area (Å²) in [5.41, 5.74) is 0.433. The number of nitrogens with one attached hydrogen (secondary N) is 1. The first-order valence-corrected chi connectivity index (χ1v) is 13.5. The molecule has 7 heteroatoms. The van der Waals surface area contributed by atoms with Crippen molar-refractivity contribution in [2.75, 3.05) is 44.2 Å². The summed E-state index contributed by atoms with van der Waals surface area (Å²) in [5, 5.41) is 4.33. The highest BCUT2D eigenvalue weighted by Gasteiger charge is 2.29. The zero-order valence-corrected chi connectivity index (χ0v) is 20.9. The zero-order valence-electron chi connectivity index (χ0n) is 20.0. The molecule has 184 valence electrons. The lowest BCUT2D eigenvalue weighted by Crippen LogP contribution is -2.49. The fourth-order valence-corrected chi connectivity index (χ4v) is 6.23. The van der Waals surface area contributed by atoms with Gasteiger partial charge in [0.1, 0.15) is 11.6 Å². The SMILES string of the molecule is O=C(/C=C/c1ccccc1F)NC[C@H]1CCCC[C@@H]1CN1CCN(c2nsc3ccccc23)CC1. The minimum Gasteiger partial charge on any atom is -0.353 e. The molecule has 1 aliphatic carbocycles. The second-order valence-electron chi connectivity index (χ2n) is 9.69. The number of nitrogens with zero attached hydrogens (tertiary/aromatic N) is 3. The van der Waals surface area contributed by atoms with Crippen LogP contribution in [0.5, 0.6) is 0 Å². The smallest absolute Gasteiger partial charge is 0.244 e. The van der Waals surface area contributed by atoms with Gasteiger partial charge in [-0.3, -0.25) is 9.69 Å². The van der Waals surface area contributed by atoms with E-state index >= 15 is 0 Å². The van der Waals surface area contributed by atoms with Gasteiger partial charge in [0.05, 0.1) is 4.70 Å². The Balaban J connectivity index is 1.11. The van der Waals surface area contributed by atoms with Crippen molar-refractivity contribution in [1.29, 1.82) is 0 Å². The average molecular weight is 493 g/mol. The van der Waals surface area contributed by atoms with Gasteiger partial charge in [-0.05, 0) is 60.5 Å². The Kier molecular flexibility index (Phi) is 7.74. The first-order valence-electron chi connectivity index (χ1n) is 12.7. The number of benzene rings is 2. The first-order chi connectivity index (χ1) is 17.2. The molecule has 1 aliphatic heterocycles. The van der Waals surface area contributed by atoms with Crippen LogP contribution in [-0.2, 0) is 4.79 Å². The minimum absolute atomic E-state index is 0.151. The third-order valence-corrected chi connectivity index (χ3v) is 8.26. The molecule has 2 aromatic carbocycles. The number of halogens is 1. The molecule has 0 unspecified atom stereocenters. The van der Waals surface area contributed by atoms with Crippen LogP contribution in [0.4, 0.5) is 10.2 Å². The summed E-state index contributed by atoms with van der Waals surface area (Å²) in [5.74, 6) is 1.77. The van der Waals surface area contributed by atoms with Crippen LogP contribution in [0.2, 0.25) is 0 Å². The molecule has 1 saturated carbocycles. The lowest BCUT2D eigenvalue weighted by Gasteiger charge is -2.40. The number of aromatic nitrogens is 1. The Morgan fingerprint density at radius 1 is 1.03 bits per heavy atom. The quantitative estimate of drug-likeness (QED) is 0.461. The third-order valence-electron chi connectivity index (χ3n) is 7.45. The Morgan fingerprint density at radius 3 is 2.60 bits per heavy atom. The highest BCUT2D eigenvalue weighted by Crippen LogP contribution is 2.32.